The van der Waals surface area contributed by atoms with Gasteiger partial charge in [0.25, 0.3) is 10.0 Å². The molecule has 0 spiro atoms. The van der Waals surface area contributed by atoms with E-state index in [1.807, 2.05) is 6.92 Å². The lowest BCUT2D eigenvalue weighted by atomic mass is 10.1. The molecule has 0 bridgehead atoms. The van der Waals surface area contributed by atoms with E-state index in [1.165, 1.54) is 30.3 Å². The van der Waals surface area contributed by atoms with Crippen LogP contribution in [0.4, 0.5) is 18.9 Å². The smallest absolute Gasteiger partial charge is 0.352 e. The van der Waals surface area contributed by atoms with E-state index < -0.39 is 51.9 Å². The Morgan fingerprint density at radius 2 is 1.57 bits per heavy atom. The standard InChI is InChI=1S/C30H31Cl3F3N3O4S/c1-4-19(3)37-29(41)26(5-2)38(17-20-11-13-22(31)16-25(20)33)28(40)18-39(44(42,43)23-9-7-6-8-10-23)27-15-21(30(34,35)36)12-14-24(27)32/h6-16,19,26H,4-5,17-18H2,1-3H3,(H,37,41). The highest BCUT2D eigenvalue weighted by atomic mass is 35.5. The van der Waals surface area contributed by atoms with E-state index in [2.05, 4.69) is 5.32 Å². The first-order chi connectivity index (χ1) is 20.6. The Morgan fingerprint density at radius 3 is 2.14 bits per heavy atom. The fourth-order valence-electron chi connectivity index (χ4n) is 4.31. The molecule has 0 aliphatic carbocycles. The van der Waals surface area contributed by atoms with Gasteiger partial charge in [-0.05, 0) is 67.8 Å². The molecule has 2 amide bonds. The van der Waals surface area contributed by atoms with E-state index in [0.29, 0.717) is 33.4 Å². The lowest BCUT2D eigenvalue weighted by Crippen LogP contribution is -2.53. The maximum Gasteiger partial charge on any atom is 0.416 e. The molecular weight excluding hydrogens is 662 g/mol. The Bertz CT molecular complexity index is 1590. The Morgan fingerprint density at radius 1 is 0.909 bits per heavy atom. The molecule has 0 aliphatic heterocycles. The normalized spacial score (nSPS) is 13.2. The van der Waals surface area contributed by atoms with Gasteiger partial charge in [-0.25, -0.2) is 8.42 Å². The maximum absolute atomic E-state index is 14.1. The van der Waals surface area contributed by atoms with Crippen LogP contribution >= 0.6 is 34.8 Å². The monoisotopic (exact) mass is 691 g/mol. The SMILES string of the molecule is CCC(C)NC(=O)C(CC)N(Cc1ccc(Cl)cc1Cl)C(=O)CN(c1cc(C(F)(F)F)ccc1Cl)S(=O)(=O)c1ccccc1. The molecular formula is C30H31Cl3F3N3O4S. The number of anilines is 1. The number of sulfonamides is 1. The van der Waals surface area contributed by atoms with Crippen molar-refractivity contribution in [3.8, 4) is 0 Å². The molecule has 0 fully saturated rings. The molecule has 0 aromatic heterocycles. The summed E-state index contributed by atoms with van der Waals surface area (Å²) in [6, 6.07) is 12.4. The number of nitrogens with zero attached hydrogens (tertiary/aromatic N) is 2. The number of alkyl halides is 3. The number of amides is 2. The van der Waals surface area contributed by atoms with Gasteiger partial charge in [0.1, 0.15) is 12.6 Å². The number of benzene rings is 3. The second kappa shape index (κ2) is 14.9. The second-order valence-corrected chi connectivity index (χ2v) is 13.1. The first kappa shape index (κ1) is 35.5. The zero-order valence-corrected chi connectivity index (χ0v) is 27.1. The minimum absolute atomic E-state index is 0.134. The molecule has 7 nitrogen and oxygen atoms in total. The van der Waals surface area contributed by atoms with Crippen LogP contribution in [-0.2, 0) is 32.3 Å². The molecule has 44 heavy (non-hydrogen) atoms. The van der Waals surface area contributed by atoms with Crippen molar-refractivity contribution in [3.05, 3.63) is 92.9 Å². The molecule has 2 unspecified atom stereocenters. The van der Waals surface area contributed by atoms with Crippen LogP contribution in [0.5, 0.6) is 0 Å². The molecule has 0 aliphatic rings. The van der Waals surface area contributed by atoms with Gasteiger partial charge in [-0.15, -0.1) is 0 Å². The Balaban J connectivity index is 2.17. The molecule has 14 heteroatoms. The van der Waals surface area contributed by atoms with Gasteiger partial charge < -0.3 is 10.2 Å². The van der Waals surface area contributed by atoms with Crippen LogP contribution in [0.15, 0.2) is 71.6 Å². The van der Waals surface area contributed by atoms with Crippen LogP contribution < -0.4 is 9.62 Å². The third-order valence-corrected chi connectivity index (χ3v) is 9.58. The highest BCUT2D eigenvalue weighted by Crippen LogP contribution is 2.37. The number of carbonyl (C=O) groups is 2. The fraction of sp³-hybridized carbons (Fsp3) is 0.333. The summed E-state index contributed by atoms with van der Waals surface area (Å²) in [6.45, 7) is 4.13. The minimum Gasteiger partial charge on any atom is -0.352 e. The second-order valence-electron chi connectivity index (χ2n) is 9.99. The van der Waals surface area contributed by atoms with E-state index in [1.54, 1.807) is 32.0 Å². The van der Waals surface area contributed by atoms with E-state index in [9.17, 15) is 31.2 Å². The van der Waals surface area contributed by atoms with Crippen LogP contribution in [0, 0.1) is 0 Å². The molecule has 3 aromatic carbocycles. The predicted molar refractivity (Wildman–Crippen MR) is 166 cm³/mol. The predicted octanol–water partition coefficient (Wildman–Crippen LogP) is 7.58. The van der Waals surface area contributed by atoms with Crippen molar-refractivity contribution in [3.63, 3.8) is 0 Å². The third-order valence-electron chi connectivity index (χ3n) is 6.89. The summed E-state index contributed by atoms with van der Waals surface area (Å²) in [4.78, 5) is 28.4. The summed E-state index contributed by atoms with van der Waals surface area (Å²) in [5, 5.41) is 3.03. The summed E-state index contributed by atoms with van der Waals surface area (Å²) in [5.41, 5.74) is -1.31. The number of hydrogen-bond donors (Lipinski definition) is 1. The molecule has 2 atom stereocenters. The first-order valence-corrected chi connectivity index (χ1v) is 16.2. The Hall–Kier alpha value is -2.99. The molecule has 1 N–H and O–H groups in total. The van der Waals surface area contributed by atoms with E-state index in [4.69, 9.17) is 34.8 Å². The number of nitrogens with one attached hydrogen (secondary N) is 1. The molecule has 3 rings (SSSR count). The van der Waals surface area contributed by atoms with Gasteiger partial charge in [0.05, 0.1) is 21.2 Å². The lowest BCUT2D eigenvalue weighted by molar-refractivity contribution is -0.140. The first-order valence-electron chi connectivity index (χ1n) is 13.6. The van der Waals surface area contributed by atoms with Crippen LogP contribution in [0.3, 0.4) is 0 Å². The van der Waals surface area contributed by atoms with Crippen molar-refractivity contribution in [1.29, 1.82) is 0 Å². The molecule has 3 aromatic rings. The molecule has 238 valence electrons. The molecule has 0 saturated carbocycles. The topological polar surface area (TPSA) is 86.8 Å². The summed E-state index contributed by atoms with van der Waals surface area (Å²) in [6.07, 6.45) is -4.09. The van der Waals surface area contributed by atoms with Crippen molar-refractivity contribution in [2.24, 2.45) is 0 Å². The highest BCUT2D eigenvalue weighted by molar-refractivity contribution is 7.92. The maximum atomic E-state index is 14.1. The molecule has 0 saturated heterocycles. The van der Waals surface area contributed by atoms with Gasteiger partial charge in [-0.3, -0.25) is 13.9 Å². The van der Waals surface area contributed by atoms with Crippen molar-refractivity contribution in [1.82, 2.24) is 10.2 Å². The fourth-order valence-corrected chi connectivity index (χ4v) is 6.49. The lowest BCUT2D eigenvalue weighted by Gasteiger charge is -2.34. The summed E-state index contributed by atoms with van der Waals surface area (Å²) >= 11 is 18.7. The van der Waals surface area contributed by atoms with Crippen LogP contribution in [0.2, 0.25) is 15.1 Å². The summed E-state index contributed by atoms with van der Waals surface area (Å²) in [7, 11) is -4.64. The van der Waals surface area contributed by atoms with E-state index in [-0.39, 0.29) is 33.9 Å². The quantitative estimate of drug-likeness (QED) is 0.212. The van der Waals surface area contributed by atoms with Crippen LogP contribution in [-0.4, -0.2) is 43.8 Å². The highest BCUT2D eigenvalue weighted by Gasteiger charge is 2.37. The van der Waals surface area contributed by atoms with Crippen LogP contribution in [0.1, 0.15) is 44.7 Å². The van der Waals surface area contributed by atoms with E-state index >= 15 is 0 Å². The van der Waals surface area contributed by atoms with Gasteiger partial charge in [0.2, 0.25) is 11.8 Å². The number of carbonyl (C=O) groups excluding carboxylic acids is 2. The van der Waals surface area contributed by atoms with Gasteiger partial charge in [0.15, 0.2) is 0 Å². The number of halogens is 6. The van der Waals surface area contributed by atoms with Crippen molar-refractivity contribution in [2.75, 3.05) is 10.8 Å². The van der Waals surface area contributed by atoms with Gasteiger partial charge in [-0.1, -0.05) is 72.9 Å². The van der Waals surface area contributed by atoms with Gasteiger partial charge in [0, 0.05) is 22.6 Å². The minimum atomic E-state index is -4.83. The average Bonchev–Trinajstić information content (AvgIpc) is 2.96. The zero-order valence-electron chi connectivity index (χ0n) is 24.0. The third kappa shape index (κ3) is 8.59. The largest absolute Gasteiger partial charge is 0.416 e. The molecule has 0 radical (unpaired) electrons. The summed E-state index contributed by atoms with van der Waals surface area (Å²) < 4.78 is 69.5. The van der Waals surface area contributed by atoms with Crippen molar-refractivity contribution >= 4 is 62.3 Å². The van der Waals surface area contributed by atoms with E-state index in [0.717, 1.165) is 11.0 Å². The number of rotatable bonds is 12. The van der Waals surface area contributed by atoms with Crippen molar-refractivity contribution in [2.45, 2.75) is 63.3 Å². The Kier molecular flexibility index (Phi) is 12.0. The zero-order chi connectivity index (χ0) is 32.8. The van der Waals surface area contributed by atoms with Gasteiger partial charge in [-0.2, -0.15) is 13.2 Å². The average molecular weight is 693 g/mol. The van der Waals surface area contributed by atoms with Gasteiger partial charge >= 0.3 is 6.18 Å². The molecule has 0 heterocycles. The van der Waals surface area contributed by atoms with Crippen molar-refractivity contribution < 1.29 is 31.2 Å². The van der Waals surface area contributed by atoms with Crippen LogP contribution in [0.25, 0.3) is 0 Å². The summed E-state index contributed by atoms with van der Waals surface area (Å²) in [5.74, 6) is -1.37. The number of hydrogen-bond acceptors (Lipinski definition) is 4. The Labute approximate surface area is 269 Å².